The third-order valence-corrected chi connectivity index (χ3v) is 4.88. The summed E-state index contributed by atoms with van der Waals surface area (Å²) in [5, 5.41) is 0. The molecule has 0 amide bonds. The molecule has 0 heterocycles. The fraction of sp³-hybridized carbons (Fsp3) is 0.130. The summed E-state index contributed by atoms with van der Waals surface area (Å²) in [6.45, 7) is 0. The van der Waals surface area contributed by atoms with Crippen molar-refractivity contribution in [1.82, 2.24) is 0 Å². The standard InChI is InChI=1S/C23H19F/c24-21-13-11-19(12-14-21)23-16-20(17-7-3-1-4-8-17)15-22(23)18-9-5-2-6-10-18/h1-14,16,22-23H,15H2/t22-,23+/m0/s1. The lowest BCUT2D eigenvalue weighted by atomic mass is 9.83. The fourth-order valence-corrected chi connectivity index (χ4v) is 3.67. The molecule has 0 fully saturated rings. The van der Waals surface area contributed by atoms with Crippen molar-refractivity contribution in [2.24, 2.45) is 0 Å². The van der Waals surface area contributed by atoms with E-state index in [0.717, 1.165) is 6.42 Å². The Morgan fingerprint density at radius 2 is 1.29 bits per heavy atom. The summed E-state index contributed by atoms with van der Waals surface area (Å²) >= 11 is 0. The largest absolute Gasteiger partial charge is 0.207 e. The minimum Gasteiger partial charge on any atom is -0.207 e. The topological polar surface area (TPSA) is 0 Å². The monoisotopic (exact) mass is 314 g/mol. The molecule has 0 nitrogen and oxygen atoms in total. The zero-order valence-electron chi connectivity index (χ0n) is 13.4. The van der Waals surface area contributed by atoms with Gasteiger partial charge in [-0.2, -0.15) is 0 Å². The highest BCUT2D eigenvalue weighted by atomic mass is 19.1. The first-order valence-electron chi connectivity index (χ1n) is 8.38. The zero-order chi connectivity index (χ0) is 16.4. The third-order valence-electron chi connectivity index (χ3n) is 4.88. The number of rotatable bonds is 3. The van der Waals surface area contributed by atoms with E-state index in [9.17, 15) is 4.39 Å². The maximum Gasteiger partial charge on any atom is 0.123 e. The Balaban J connectivity index is 1.75. The van der Waals surface area contributed by atoms with E-state index in [2.05, 4.69) is 60.7 Å². The minimum atomic E-state index is -0.180. The number of benzene rings is 3. The zero-order valence-corrected chi connectivity index (χ0v) is 13.4. The van der Waals surface area contributed by atoms with Crippen LogP contribution in [0.3, 0.4) is 0 Å². The van der Waals surface area contributed by atoms with Gasteiger partial charge in [0.25, 0.3) is 0 Å². The molecular weight excluding hydrogens is 295 g/mol. The molecule has 2 atom stereocenters. The normalized spacial score (nSPS) is 20.0. The van der Waals surface area contributed by atoms with Crippen LogP contribution >= 0.6 is 0 Å². The molecule has 4 rings (SSSR count). The quantitative estimate of drug-likeness (QED) is 0.541. The van der Waals surface area contributed by atoms with Crippen LogP contribution in [-0.2, 0) is 0 Å². The van der Waals surface area contributed by atoms with Crippen LogP contribution in [0.1, 0.15) is 34.9 Å². The predicted octanol–water partition coefficient (Wildman–Crippen LogP) is 6.18. The van der Waals surface area contributed by atoms with Crippen LogP contribution in [0.25, 0.3) is 5.57 Å². The lowest BCUT2D eigenvalue weighted by Crippen LogP contribution is -2.05. The van der Waals surface area contributed by atoms with Crippen LogP contribution < -0.4 is 0 Å². The Morgan fingerprint density at radius 3 is 1.96 bits per heavy atom. The predicted molar refractivity (Wildman–Crippen MR) is 97.4 cm³/mol. The Kier molecular flexibility index (Phi) is 4.00. The molecule has 0 unspecified atom stereocenters. The van der Waals surface area contributed by atoms with E-state index in [1.165, 1.54) is 22.3 Å². The van der Waals surface area contributed by atoms with Gasteiger partial charge in [-0.3, -0.25) is 0 Å². The molecule has 3 aromatic rings. The van der Waals surface area contributed by atoms with Crippen molar-refractivity contribution in [3.8, 4) is 0 Å². The summed E-state index contributed by atoms with van der Waals surface area (Å²) in [5.41, 5.74) is 5.17. The first kappa shape index (κ1) is 14.9. The SMILES string of the molecule is Fc1ccc([C@H]2C=C(c3ccccc3)C[C@H]2c2ccccc2)cc1. The number of halogens is 1. The van der Waals surface area contributed by atoms with Crippen LogP contribution in [0, 0.1) is 5.82 Å². The Labute approximate surface area is 142 Å². The fourth-order valence-electron chi connectivity index (χ4n) is 3.67. The van der Waals surface area contributed by atoms with Gasteiger partial charge in [-0.25, -0.2) is 4.39 Å². The van der Waals surface area contributed by atoms with Crippen molar-refractivity contribution in [3.63, 3.8) is 0 Å². The van der Waals surface area contributed by atoms with Crippen molar-refractivity contribution in [2.75, 3.05) is 0 Å². The van der Waals surface area contributed by atoms with Crippen LogP contribution in [0.2, 0.25) is 0 Å². The third kappa shape index (κ3) is 2.90. The first-order chi connectivity index (χ1) is 11.8. The lowest BCUT2D eigenvalue weighted by Gasteiger charge is -2.20. The second kappa shape index (κ2) is 6.45. The summed E-state index contributed by atoms with van der Waals surface area (Å²) in [6.07, 6.45) is 3.37. The Hall–Kier alpha value is -2.67. The van der Waals surface area contributed by atoms with Crippen molar-refractivity contribution in [3.05, 3.63) is 114 Å². The second-order valence-electron chi connectivity index (χ2n) is 6.36. The van der Waals surface area contributed by atoms with Gasteiger partial charge >= 0.3 is 0 Å². The molecule has 24 heavy (non-hydrogen) atoms. The minimum absolute atomic E-state index is 0.180. The molecule has 0 bridgehead atoms. The molecule has 0 aromatic heterocycles. The van der Waals surface area contributed by atoms with Crippen LogP contribution in [0.15, 0.2) is 91.0 Å². The summed E-state index contributed by atoms with van der Waals surface area (Å²) in [7, 11) is 0. The molecule has 0 N–H and O–H groups in total. The van der Waals surface area contributed by atoms with Gasteiger partial charge in [-0.1, -0.05) is 78.9 Å². The van der Waals surface area contributed by atoms with Gasteiger partial charge in [0.05, 0.1) is 0 Å². The Morgan fingerprint density at radius 1 is 0.667 bits per heavy atom. The molecular formula is C23H19F. The van der Waals surface area contributed by atoms with Crippen molar-refractivity contribution in [1.29, 1.82) is 0 Å². The van der Waals surface area contributed by atoms with Gasteiger partial charge in [0.1, 0.15) is 5.82 Å². The van der Waals surface area contributed by atoms with E-state index in [0.29, 0.717) is 5.92 Å². The molecule has 1 heteroatoms. The Bertz CT molecular complexity index is 832. The molecule has 0 saturated heterocycles. The first-order valence-corrected chi connectivity index (χ1v) is 8.38. The van der Waals surface area contributed by atoms with Crippen LogP contribution in [0.5, 0.6) is 0 Å². The number of allylic oxidation sites excluding steroid dienone is 2. The second-order valence-corrected chi connectivity index (χ2v) is 6.36. The van der Waals surface area contributed by atoms with Crippen molar-refractivity contribution in [2.45, 2.75) is 18.3 Å². The average Bonchev–Trinajstić information content (AvgIpc) is 3.09. The van der Waals surface area contributed by atoms with E-state index >= 15 is 0 Å². The van der Waals surface area contributed by atoms with Gasteiger partial charge < -0.3 is 0 Å². The van der Waals surface area contributed by atoms with Crippen molar-refractivity contribution >= 4 is 5.57 Å². The van der Waals surface area contributed by atoms with Gasteiger partial charge in [-0.05, 0) is 46.7 Å². The molecule has 1 aliphatic rings. The molecule has 0 spiro atoms. The smallest absolute Gasteiger partial charge is 0.123 e. The lowest BCUT2D eigenvalue weighted by molar-refractivity contribution is 0.622. The van der Waals surface area contributed by atoms with E-state index in [-0.39, 0.29) is 11.7 Å². The van der Waals surface area contributed by atoms with Crippen molar-refractivity contribution < 1.29 is 4.39 Å². The highest BCUT2D eigenvalue weighted by Crippen LogP contribution is 2.47. The number of hydrogen-bond acceptors (Lipinski definition) is 0. The van der Waals surface area contributed by atoms with E-state index in [4.69, 9.17) is 0 Å². The highest BCUT2D eigenvalue weighted by molar-refractivity contribution is 5.71. The molecule has 0 radical (unpaired) electrons. The van der Waals surface area contributed by atoms with Gasteiger partial charge in [0.15, 0.2) is 0 Å². The molecule has 0 aliphatic heterocycles. The number of hydrogen-bond donors (Lipinski definition) is 0. The average molecular weight is 314 g/mol. The van der Waals surface area contributed by atoms with Gasteiger partial charge in [-0.15, -0.1) is 0 Å². The van der Waals surface area contributed by atoms with E-state index in [1.54, 1.807) is 12.1 Å². The van der Waals surface area contributed by atoms with E-state index < -0.39 is 0 Å². The summed E-state index contributed by atoms with van der Waals surface area (Å²) in [4.78, 5) is 0. The summed E-state index contributed by atoms with van der Waals surface area (Å²) in [5.74, 6) is 0.496. The molecule has 118 valence electrons. The summed E-state index contributed by atoms with van der Waals surface area (Å²) in [6, 6.07) is 28.1. The highest BCUT2D eigenvalue weighted by Gasteiger charge is 2.30. The van der Waals surface area contributed by atoms with Crippen LogP contribution in [0.4, 0.5) is 4.39 Å². The maximum atomic E-state index is 13.3. The summed E-state index contributed by atoms with van der Waals surface area (Å²) < 4.78 is 13.3. The van der Waals surface area contributed by atoms with Gasteiger partial charge in [0, 0.05) is 5.92 Å². The molecule has 3 aromatic carbocycles. The van der Waals surface area contributed by atoms with Gasteiger partial charge in [0.2, 0.25) is 0 Å². The van der Waals surface area contributed by atoms with E-state index in [1.807, 2.05) is 18.2 Å². The maximum absolute atomic E-state index is 13.3. The molecule has 0 saturated carbocycles. The van der Waals surface area contributed by atoms with Crippen LogP contribution in [-0.4, -0.2) is 0 Å². The molecule has 1 aliphatic carbocycles.